The van der Waals surface area contributed by atoms with Gasteiger partial charge in [-0.15, -0.1) is 0 Å². The number of hydrogen-bond acceptors (Lipinski definition) is 2. The van der Waals surface area contributed by atoms with Crippen LogP contribution in [0.25, 0.3) is 0 Å². The van der Waals surface area contributed by atoms with E-state index in [0.29, 0.717) is 6.04 Å². The molecule has 2 N–H and O–H groups in total. The van der Waals surface area contributed by atoms with Crippen molar-refractivity contribution in [1.82, 2.24) is 4.90 Å². The van der Waals surface area contributed by atoms with E-state index in [0.717, 1.165) is 13.1 Å². The van der Waals surface area contributed by atoms with Gasteiger partial charge in [-0.2, -0.15) is 0 Å². The van der Waals surface area contributed by atoms with Crippen molar-refractivity contribution in [3.63, 3.8) is 0 Å². The fourth-order valence-corrected chi connectivity index (χ4v) is 1.15. The molecule has 0 aromatic rings. The summed E-state index contributed by atoms with van der Waals surface area (Å²) in [5, 5.41) is 0. The van der Waals surface area contributed by atoms with Gasteiger partial charge in [0, 0.05) is 12.6 Å². The van der Waals surface area contributed by atoms with Crippen LogP contribution in [0.15, 0.2) is 0 Å². The van der Waals surface area contributed by atoms with Crippen molar-refractivity contribution in [2.24, 2.45) is 5.73 Å². The Balaban J connectivity index is 2.22. The number of hydrogen-bond donors (Lipinski definition) is 1. The molecule has 0 unspecified atom stereocenters. The van der Waals surface area contributed by atoms with E-state index in [1.54, 1.807) is 0 Å². The van der Waals surface area contributed by atoms with E-state index >= 15 is 0 Å². The first-order chi connectivity index (χ1) is 3.83. The van der Waals surface area contributed by atoms with Gasteiger partial charge in [0.25, 0.3) is 0 Å². The van der Waals surface area contributed by atoms with Crippen LogP contribution in [-0.4, -0.2) is 30.6 Å². The first-order valence-corrected chi connectivity index (χ1v) is 3.31. The summed E-state index contributed by atoms with van der Waals surface area (Å²) in [5.74, 6) is 0. The summed E-state index contributed by atoms with van der Waals surface area (Å²) >= 11 is 0. The van der Waals surface area contributed by atoms with Gasteiger partial charge in [-0.3, -0.25) is 0 Å². The van der Waals surface area contributed by atoms with Gasteiger partial charge in [-0.05, 0) is 19.5 Å². The van der Waals surface area contributed by atoms with Crippen LogP contribution in [0.3, 0.4) is 0 Å². The number of likely N-dealkylation sites (N-methyl/N-ethyl adjacent to an activating group) is 1. The highest BCUT2D eigenvalue weighted by Gasteiger charge is 2.16. The highest BCUT2D eigenvalue weighted by atomic mass is 15.2. The lowest BCUT2D eigenvalue weighted by Gasteiger charge is -2.09. The Hall–Kier alpha value is -0.0800. The second-order valence-electron chi connectivity index (χ2n) is 2.44. The Morgan fingerprint density at radius 2 is 2.50 bits per heavy atom. The van der Waals surface area contributed by atoms with Crippen molar-refractivity contribution in [2.45, 2.75) is 19.4 Å². The molecule has 1 aliphatic heterocycles. The standard InChI is InChI=1S/C6H14N2/c1-2-8-4-3-6(7)5-8/h6H,2-5,7H2,1H3/t6-/m0/s1. The third kappa shape index (κ3) is 1.20. The molecule has 1 heterocycles. The molecule has 48 valence electrons. The molecule has 1 aliphatic rings. The zero-order chi connectivity index (χ0) is 5.98. The highest BCUT2D eigenvalue weighted by Crippen LogP contribution is 2.04. The van der Waals surface area contributed by atoms with Crippen molar-refractivity contribution in [2.75, 3.05) is 19.6 Å². The molecule has 0 spiro atoms. The second kappa shape index (κ2) is 2.46. The predicted octanol–water partition coefficient (Wildman–Crippen LogP) is 0.0393. The lowest BCUT2D eigenvalue weighted by Crippen LogP contribution is -2.26. The average molecular weight is 114 g/mol. The van der Waals surface area contributed by atoms with E-state index in [4.69, 9.17) is 5.73 Å². The van der Waals surface area contributed by atoms with Gasteiger partial charge >= 0.3 is 0 Å². The van der Waals surface area contributed by atoms with Crippen LogP contribution in [-0.2, 0) is 0 Å². The molecule has 2 nitrogen and oxygen atoms in total. The molecular formula is C6H14N2. The predicted molar refractivity (Wildman–Crippen MR) is 34.7 cm³/mol. The van der Waals surface area contributed by atoms with Crippen LogP contribution < -0.4 is 5.73 Å². The molecule has 1 atom stereocenters. The largest absolute Gasteiger partial charge is 0.326 e. The maximum absolute atomic E-state index is 5.66. The molecule has 1 saturated heterocycles. The second-order valence-corrected chi connectivity index (χ2v) is 2.44. The van der Waals surface area contributed by atoms with Crippen molar-refractivity contribution < 1.29 is 0 Å². The quantitative estimate of drug-likeness (QED) is 0.521. The van der Waals surface area contributed by atoms with Crippen LogP contribution in [0.5, 0.6) is 0 Å². The lowest BCUT2D eigenvalue weighted by atomic mass is 10.3. The first-order valence-electron chi connectivity index (χ1n) is 3.31. The Morgan fingerprint density at radius 1 is 1.75 bits per heavy atom. The Bertz CT molecular complexity index is 72.9. The molecule has 1 rings (SSSR count). The highest BCUT2D eigenvalue weighted by molar-refractivity contribution is 4.76. The number of likely N-dealkylation sites (tertiary alicyclic amines) is 1. The van der Waals surface area contributed by atoms with E-state index in [-0.39, 0.29) is 0 Å². The molecular weight excluding hydrogens is 100 g/mol. The van der Waals surface area contributed by atoms with Crippen molar-refractivity contribution in [3.05, 3.63) is 0 Å². The fraction of sp³-hybridized carbons (Fsp3) is 1.00. The molecule has 2 heteroatoms. The van der Waals surface area contributed by atoms with E-state index < -0.39 is 0 Å². The summed E-state index contributed by atoms with van der Waals surface area (Å²) in [4.78, 5) is 2.38. The smallest absolute Gasteiger partial charge is 0.0180 e. The molecule has 0 amide bonds. The molecule has 0 aromatic carbocycles. The van der Waals surface area contributed by atoms with E-state index in [9.17, 15) is 0 Å². The number of nitrogens with two attached hydrogens (primary N) is 1. The minimum absolute atomic E-state index is 0.454. The van der Waals surface area contributed by atoms with Gasteiger partial charge < -0.3 is 10.6 Å². The van der Waals surface area contributed by atoms with E-state index in [1.807, 2.05) is 0 Å². The van der Waals surface area contributed by atoms with Crippen LogP contribution in [0.2, 0.25) is 0 Å². The zero-order valence-corrected chi connectivity index (χ0v) is 5.43. The summed E-state index contributed by atoms with van der Waals surface area (Å²) in [6, 6.07) is 0.454. The molecule has 0 aromatic heterocycles. The summed E-state index contributed by atoms with van der Waals surface area (Å²) in [7, 11) is 0. The van der Waals surface area contributed by atoms with E-state index in [1.165, 1.54) is 13.0 Å². The maximum atomic E-state index is 5.66. The minimum atomic E-state index is 0.454. The molecule has 0 aliphatic carbocycles. The fourth-order valence-electron chi connectivity index (χ4n) is 1.15. The summed E-state index contributed by atoms with van der Waals surface area (Å²) in [5.41, 5.74) is 5.66. The van der Waals surface area contributed by atoms with Crippen LogP contribution >= 0.6 is 0 Å². The van der Waals surface area contributed by atoms with Gasteiger partial charge in [0.1, 0.15) is 0 Å². The molecule has 0 radical (unpaired) electrons. The van der Waals surface area contributed by atoms with Gasteiger partial charge in [-0.1, -0.05) is 6.92 Å². The first kappa shape index (κ1) is 6.05. The lowest BCUT2D eigenvalue weighted by molar-refractivity contribution is 0.354. The Kier molecular flexibility index (Phi) is 1.86. The number of rotatable bonds is 1. The normalized spacial score (nSPS) is 31.5. The topological polar surface area (TPSA) is 29.3 Å². The van der Waals surface area contributed by atoms with E-state index in [2.05, 4.69) is 11.8 Å². The Labute approximate surface area is 50.7 Å². The summed E-state index contributed by atoms with van der Waals surface area (Å²) in [6.07, 6.45) is 1.19. The van der Waals surface area contributed by atoms with Crippen molar-refractivity contribution >= 4 is 0 Å². The zero-order valence-electron chi connectivity index (χ0n) is 5.43. The van der Waals surface area contributed by atoms with Gasteiger partial charge in [0.05, 0.1) is 0 Å². The van der Waals surface area contributed by atoms with Gasteiger partial charge in [-0.25, -0.2) is 0 Å². The average Bonchev–Trinajstić information content (AvgIpc) is 2.14. The molecule has 0 saturated carbocycles. The van der Waals surface area contributed by atoms with Crippen molar-refractivity contribution in [1.29, 1.82) is 0 Å². The van der Waals surface area contributed by atoms with Gasteiger partial charge in [0.2, 0.25) is 0 Å². The number of nitrogens with zero attached hydrogens (tertiary/aromatic N) is 1. The molecule has 0 bridgehead atoms. The maximum Gasteiger partial charge on any atom is 0.0180 e. The minimum Gasteiger partial charge on any atom is -0.326 e. The van der Waals surface area contributed by atoms with Crippen molar-refractivity contribution in [3.8, 4) is 0 Å². The van der Waals surface area contributed by atoms with Crippen LogP contribution in [0.4, 0.5) is 0 Å². The Morgan fingerprint density at radius 3 is 2.75 bits per heavy atom. The third-order valence-electron chi connectivity index (χ3n) is 1.76. The van der Waals surface area contributed by atoms with Crippen LogP contribution in [0.1, 0.15) is 13.3 Å². The SMILES string of the molecule is CCN1CC[C@H](N)C1. The molecule has 1 fully saturated rings. The third-order valence-corrected chi connectivity index (χ3v) is 1.76. The van der Waals surface area contributed by atoms with Crippen LogP contribution in [0, 0.1) is 0 Å². The monoisotopic (exact) mass is 114 g/mol. The van der Waals surface area contributed by atoms with Gasteiger partial charge in [0.15, 0.2) is 0 Å². The molecule has 8 heavy (non-hydrogen) atoms. The summed E-state index contributed by atoms with van der Waals surface area (Å²) < 4.78 is 0. The summed E-state index contributed by atoms with van der Waals surface area (Å²) in [6.45, 7) is 5.65.